The molecule has 1 fully saturated rings. The Morgan fingerprint density at radius 1 is 1.21 bits per heavy atom. The Hall–Kier alpha value is -0.0800. The molecule has 1 heterocycles. The summed E-state index contributed by atoms with van der Waals surface area (Å²) >= 11 is 0. The lowest BCUT2D eigenvalue weighted by molar-refractivity contribution is 0.107. The first-order valence-electron chi connectivity index (χ1n) is 8.53. The third-order valence-corrected chi connectivity index (χ3v) is 5.15. The molecule has 1 aliphatic heterocycles. The lowest BCUT2D eigenvalue weighted by Crippen LogP contribution is -2.46. The summed E-state index contributed by atoms with van der Waals surface area (Å²) in [7, 11) is 0. The van der Waals surface area contributed by atoms with Crippen molar-refractivity contribution in [3.8, 4) is 0 Å². The summed E-state index contributed by atoms with van der Waals surface area (Å²) in [5.41, 5.74) is 0.479. The highest BCUT2D eigenvalue weighted by Gasteiger charge is 2.34. The molecule has 114 valence electrons. The molecule has 1 N–H and O–H groups in total. The molecule has 0 aromatic rings. The Morgan fingerprint density at radius 3 is 2.42 bits per heavy atom. The summed E-state index contributed by atoms with van der Waals surface area (Å²) in [5, 5.41) is 3.67. The van der Waals surface area contributed by atoms with E-state index in [0.29, 0.717) is 5.41 Å². The third-order valence-electron chi connectivity index (χ3n) is 5.15. The Balaban J connectivity index is 2.60. The fourth-order valence-electron chi connectivity index (χ4n) is 3.54. The Kier molecular flexibility index (Phi) is 7.38. The van der Waals surface area contributed by atoms with Crippen LogP contribution in [-0.4, -0.2) is 37.1 Å². The van der Waals surface area contributed by atoms with Gasteiger partial charge in [0.15, 0.2) is 0 Å². The maximum absolute atomic E-state index is 3.67. The second kappa shape index (κ2) is 8.26. The van der Waals surface area contributed by atoms with E-state index in [0.717, 1.165) is 18.5 Å². The standard InChI is InChI=1S/C17H36N2/c1-6-11-18-13-17(7-2,8-3)14-19-12-9-10-16(19)15(4)5/h15-16,18H,6-14H2,1-5H3. The van der Waals surface area contributed by atoms with Crippen molar-refractivity contribution in [1.82, 2.24) is 10.2 Å². The molecular weight excluding hydrogens is 232 g/mol. The molecule has 0 saturated carbocycles. The fourth-order valence-corrected chi connectivity index (χ4v) is 3.54. The van der Waals surface area contributed by atoms with E-state index in [9.17, 15) is 0 Å². The van der Waals surface area contributed by atoms with E-state index in [1.807, 2.05) is 0 Å². The molecule has 19 heavy (non-hydrogen) atoms. The lowest BCUT2D eigenvalue weighted by atomic mass is 9.81. The van der Waals surface area contributed by atoms with Crippen molar-refractivity contribution in [3.05, 3.63) is 0 Å². The average molecular weight is 268 g/mol. The second-order valence-electron chi connectivity index (χ2n) is 6.81. The Morgan fingerprint density at radius 2 is 1.89 bits per heavy atom. The van der Waals surface area contributed by atoms with Crippen LogP contribution in [0.2, 0.25) is 0 Å². The van der Waals surface area contributed by atoms with Gasteiger partial charge in [0.25, 0.3) is 0 Å². The summed E-state index contributed by atoms with van der Waals surface area (Å²) in [6, 6.07) is 0.823. The molecule has 1 saturated heterocycles. The lowest BCUT2D eigenvalue weighted by Gasteiger charge is -2.39. The van der Waals surface area contributed by atoms with E-state index in [-0.39, 0.29) is 0 Å². The van der Waals surface area contributed by atoms with Crippen molar-refractivity contribution in [2.24, 2.45) is 11.3 Å². The van der Waals surface area contributed by atoms with Gasteiger partial charge in [0.2, 0.25) is 0 Å². The quantitative estimate of drug-likeness (QED) is 0.638. The van der Waals surface area contributed by atoms with Crippen LogP contribution in [0.3, 0.4) is 0 Å². The topological polar surface area (TPSA) is 15.3 Å². The summed E-state index contributed by atoms with van der Waals surface area (Å²) in [5.74, 6) is 0.803. The van der Waals surface area contributed by atoms with Gasteiger partial charge in [-0.25, -0.2) is 0 Å². The van der Waals surface area contributed by atoms with Crippen LogP contribution in [0.5, 0.6) is 0 Å². The van der Waals surface area contributed by atoms with Crippen LogP contribution < -0.4 is 5.32 Å². The molecule has 0 bridgehead atoms. The Bertz CT molecular complexity index is 233. The normalized spacial score (nSPS) is 21.5. The molecule has 1 aliphatic rings. The fraction of sp³-hybridized carbons (Fsp3) is 1.00. The number of hydrogen-bond donors (Lipinski definition) is 1. The first-order valence-corrected chi connectivity index (χ1v) is 8.53. The molecule has 2 nitrogen and oxygen atoms in total. The van der Waals surface area contributed by atoms with Gasteiger partial charge in [0.05, 0.1) is 0 Å². The third kappa shape index (κ3) is 4.75. The average Bonchev–Trinajstić information content (AvgIpc) is 2.86. The monoisotopic (exact) mass is 268 g/mol. The summed E-state index contributed by atoms with van der Waals surface area (Å²) in [6.07, 6.45) is 6.63. The van der Waals surface area contributed by atoms with Gasteiger partial charge in [-0.15, -0.1) is 0 Å². The highest BCUT2D eigenvalue weighted by Crippen LogP contribution is 2.32. The van der Waals surface area contributed by atoms with E-state index >= 15 is 0 Å². The number of nitrogens with one attached hydrogen (secondary N) is 1. The summed E-state index contributed by atoms with van der Waals surface area (Å²) in [6.45, 7) is 16.7. The van der Waals surface area contributed by atoms with Gasteiger partial charge in [-0.1, -0.05) is 34.6 Å². The summed E-state index contributed by atoms with van der Waals surface area (Å²) < 4.78 is 0. The van der Waals surface area contributed by atoms with Crippen molar-refractivity contribution in [3.63, 3.8) is 0 Å². The molecule has 0 spiro atoms. The molecule has 0 aromatic heterocycles. The molecule has 2 heteroatoms. The smallest absolute Gasteiger partial charge is 0.0119 e. The number of nitrogens with zero attached hydrogens (tertiary/aromatic N) is 1. The van der Waals surface area contributed by atoms with Crippen LogP contribution >= 0.6 is 0 Å². The van der Waals surface area contributed by atoms with E-state index in [1.165, 1.54) is 51.7 Å². The maximum Gasteiger partial charge on any atom is 0.0119 e. The Labute approximate surface area is 121 Å². The zero-order valence-electron chi connectivity index (χ0n) is 14.0. The first-order chi connectivity index (χ1) is 9.08. The predicted octanol–water partition coefficient (Wildman–Crippen LogP) is 3.91. The molecule has 0 radical (unpaired) electrons. The predicted molar refractivity (Wildman–Crippen MR) is 85.6 cm³/mol. The van der Waals surface area contributed by atoms with E-state index in [4.69, 9.17) is 0 Å². The zero-order chi connectivity index (χ0) is 14.3. The van der Waals surface area contributed by atoms with Crippen LogP contribution in [0.1, 0.15) is 66.7 Å². The maximum atomic E-state index is 3.67. The van der Waals surface area contributed by atoms with Gasteiger partial charge in [0, 0.05) is 19.1 Å². The van der Waals surface area contributed by atoms with Crippen molar-refractivity contribution in [1.29, 1.82) is 0 Å². The minimum Gasteiger partial charge on any atom is -0.316 e. The van der Waals surface area contributed by atoms with Gasteiger partial charge >= 0.3 is 0 Å². The van der Waals surface area contributed by atoms with Crippen molar-refractivity contribution >= 4 is 0 Å². The molecule has 1 unspecified atom stereocenters. The van der Waals surface area contributed by atoms with Gasteiger partial charge in [-0.05, 0) is 56.5 Å². The molecule has 0 aliphatic carbocycles. The largest absolute Gasteiger partial charge is 0.316 e. The van der Waals surface area contributed by atoms with Crippen LogP contribution in [0.4, 0.5) is 0 Å². The van der Waals surface area contributed by atoms with Crippen molar-refractivity contribution < 1.29 is 0 Å². The van der Waals surface area contributed by atoms with Crippen molar-refractivity contribution in [2.75, 3.05) is 26.2 Å². The number of likely N-dealkylation sites (tertiary alicyclic amines) is 1. The van der Waals surface area contributed by atoms with E-state index in [2.05, 4.69) is 44.8 Å². The number of rotatable bonds is 9. The highest BCUT2D eigenvalue weighted by molar-refractivity contribution is 4.89. The zero-order valence-corrected chi connectivity index (χ0v) is 14.0. The number of hydrogen-bond acceptors (Lipinski definition) is 2. The minimum atomic E-state index is 0.479. The highest BCUT2D eigenvalue weighted by atomic mass is 15.2. The molecule has 0 amide bonds. The van der Waals surface area contributed by atoms with Crippen LogP contribution in [-0.2, 0) is 0 Å². The molecule has 1 rings (SSSR count). The second-order valence-corrected chi connectivity index (χ2v) is 6.81. The van der Waals surface area contributed by atoms with Gasteiger partial charge in [0.1, 0.15) is 0 Å². The van der Waals surface area contributed by atoms with Crippen LogP contribution in [0.25, 0.3) is 0 Å². The van der Waals surface area contributed by atoms with Crippen molar-refractivity contribution in [2.45, 2.75) is 72.8 Å². The SMILES string of the molecule is CCCNCC(CC)(CC)CN1CCCC1C(C)C. The van der Waals surface area contributed by atoms with Crippen LogP contribution in [0, 0.1) is 11.3 Å². The molecule has 0 aromatic carbocycles. The molecular formula is C17H36N2. The molecule has 1 atom stereocenters. The van der Waals surface area contributed by atoms with Gasteiger partial charge in [-0.2, -0.15) is 0 Å². The summed E-state index contributed by atoms with van der Waals surface area (Å²) in [4.78, 5) is 2.78. The minimum absolute atomic E-state index is 0.479. The van der Waals surface area contributed by atoms with Gasteiger partial charge in [-0.3, -0.25) is 4.90 Å². The van der Waals surface area contributed by atoms with E-state index < -0.39 is 0 Å². The van der Waals surface area contributed by atoms with E-state index in [1.54, 1.807) is 0 Å². The first kappa shape index (κ1) is 17.0. The van der Waals surface area contributed by atoms with Crippen LogP contribution in [0.15, 0.2) is 0 Å². The van der Waals surface area contributed by atoms with Gasteiger partial charge < -0.3 is 5.32 Å².